The van der Waals surface area contributed by atoms with Gasteiger partial charge in [-0.1, -0.05) is 6.42 Å². The van der Waals surface area contributed by atoms with Gasteiger partial charge in [-0.2, -0.15) is 0 Å². The van der Waals surface area contributed by atoms with Crippen LogP contribution in [-0.2, 0) is 0 Å². The number of aromatic nitrogens is 1. The molecule has 0 radical (unpaired) electrons. The Balaban J connectivity index is 2.21. The first-order valence-corrected chi connectivity index (χ1v) is 5.58. The lowest BCUT2D eigenvalue weighted by atomic mass is 10.2. The van der Waals surface area contributed by atoms with Crippen molar-refractivity contribution < 1.29 is 0 Å². The van der Waals surface area contributed by atoms with Crippen molar-refractivity contribution in [1.82, 2.24) is 4.98 Å². The van der Waals surface area contributed by atoms with Crippen LogP contribution in [0.3, 0.4) is 0 Å². The largest absolute Gasteiger partial charge is 0.385 e. The van der Waals surface area contributed by atoms with E-state index in [1.807, 2.05) is 18.5 Å². The number of hydrogen-bond donors (Lipinski definition) is 1. The minimum atomic E-state index is 0.772. The summed E-state index contributed by atoms with van der Waals surface area (Å²) in [7, 11) is 0. The monoisotopic (exact) mass is 212 g/mol. The average molecular weight is 213 g/mol. The molecule has 0 amide bonds. The molecular formula is C11H17ClN2. The molecule has 14 heavy (non-hydrogen) atoms. The Morgan fingerprint density at radius 1 is 1.36 bits per heavy atom. The molecule has 0 aliphatic rings. The number of rotatable bonds is 6. The van der Waals surface area contributed by atoms with E-state index in [9.17, 15) is 0 Å². The van der Waals surface area contributed by atoms with E-state index in [-0.39, 0.29) is 0 Å². The molecule has 1 rings (SSSR count). The van der Waals surface area contributed by atoms with Gasteiger partial charge in [-0.3, -0.25) is 4.98 Å². The second kappa shape index (κ2) is 6.66. The molecule has 0 saturated heterocycles. The van der Waals surface area contributed by atoms with Crippen LogP contribution in [-0.4, -0.2) is 17.4 Å². The summed E-state index contributed by atoms with van der Waals surface area (Å²) < 4.78 is 0. The number of hydrogen-bond acceptors (Lipinski definition) is 2. The minimum Gasteiger partial charge on any atom is -0.385 e. The molecule has 0 unspecified atom stereocenters. The zero-order valence-electron chi connectivity index (χ0n) is 8.59. The molecule has 0 fully saturated rings. The summed E-state index contributed by atoms with van der Waals surface area (Å²) in [5.74, 6) is 0.772. The SMILES string of the molecule is Cc1cnccc1NCCCCCCl. The molecule has 0 aliphatic heterocycles. The number of nitrogens with one attached hydrogen (secondary N) is 1. The maximum Gasteiger partial charge on any atom is 0.0400 e. The van der Waals surface area contributed by atoms with E-state index in [4.69, 9.17) is 11.6 Å². The van der Waals surface area contributed by atoms with Gasteiger partial charge in [-0.25, -0.2) is 0 Å². The Bertz CT molecular complexity index is 263. The van der Waals surface area contributed by atoms with Gasteiger partial charge in [-0.15, -0.1) is 11.6 Å². The molecule has 0 aliphatic carbocycles. The van der Waals surface area contributed by atoms with E-state index in [0.717, 1.165) is 18.8 Å². The van der Waals surface area contributed by atoms with Crippen LogP contribution in [0.25, 0.3) is 0 Å². The molecule has 1 aromatic rings. The smallest absolute Gasteiger partial charge is 0.0400 e. The van der Waals surface area contributed by atoms with Crippen LogP contribution in [0.2, 0.25) is 0 Å². The van der Waals surface area contributed by atoms with Gasteiger partial charge >= 0.3 is 0 Å². The van der Waals surface area contributed by atoms with Gasteiger partial charge in [0.15, 0.2) is 0 Å². The third kappa shape index (κ3) is 3.97. The molecular weight excluding hydrogens is 196 g/mol. The number of anilines is 1. The van der Waals surface area contributed by atoms with Crippen molar-refractivity contribution in [3.63, 3.8) is 0 Å². The van der Waals surface area contributed by atoms with Gasteiger partial charge in [0.05, 0.1) is 0 Å². The molecule has 0 spiro atoms. The van der Waals surface area contributed by atoms with E-state index in [1.165, 1.54) is 24.1 Å². The summed E-state index contributed by atoms with van der Waals surface area (Å²) in [6.07, 6.45) is 7.17. The van der Waals surface area contributed by atoms with Crippen LogP contribution < -0.4 is 5.32 Å². The predicted octanol–water partition coefficient (Wildman–Crippen LogP) is 3.21. The normalized spacial score (nSPS) is 10.1. The van der Waals surface area contributed by atoms with Crippen LogP contribution in [0.1, 0.15) is 24.8 Å². The minimum absolute atomic E-state index is 0.772. The van der Waals surface area contributed by atoms with Crippen LogP contribution in [0.4, 0.5) is 5.69 Å². The van der Waals surface area contributed by atoms with Crippen LogP contribution in [0.15, 0.2) is 18.5 Å². The first-order valence-electron chi connectivity index (χ1n) is 5.05. The lowest BCUT2D eigenvalue weighted by Gasteiger charge is -2.07. The summed E-state index contributed by atoms with van der Waals surface area (Å²) in [6.45, 7) is 3.08. The topological polar surface area (TPSA) is 24.9 Å². The number of nitrogens with zero attached hydrogens (tertiary/aromatic N) is 1. The zero-order chi connectivity index (χ0) is 10.2. The summed E-state index contributed by atoms with van der Waals surface area (Å²) in [6, 6.07) is 2.01. The van der Waals surface area contributed by atoms with Crippen molar-refractivity contribution in [2.75, 3.05) is 17.7 Å². The van der Waals surface area contributed by atoms with Crippen molar-refractivity contribution in [1.29, 1.82) is 0 Å². The maximum absolute atomic E-state index is 5.59. The van der Waals surface area contributed by atoms with Crippen molar-refractivity contribution >= 4 is 17.3 Å². The van der Waals surface area contributed by atoms with Crippen molar-refractivity contribution in [2.45, 2.75) is 26.2 Å². The summed E-state index contributed by atoms with van der Waals surface area (Å²) in [4.78, 5) is 4.05. The zero-order valence-corrected chi connectivity index (χ0v) is 9.35. The fourth-order valence-electron chi connectivity index (χ4n) is 1.29. The molecule has 1 heterocycles. The Hall–Kier alpha value is -0.760. The van der Waals surface area contributed by atoms with Crippen molar-refractivity contribution in [2.24, 2.45) is 0 Å². The third-order valence-electron chi connectivity index (χ3n) is 2.15. The van der Waals surface area contributed by atoms with Gasteiger partial charge in [0.1, 0.15) is 0 Å². The Labute approximate surface area is 90.7 Å². The van der Waals surface area contributed by atoms with E-state index >= 15 is 0 Å². The first-order chi connectivity index (χ1) is 6.84. The van der Waals surface area contributed by atoms with E-state index in [1.54, 1.807) is 0 Å². The van der Waals surface area contributed by atoms with Crippen LogP contribution >= 0.6 is 11.6 Å². The van der Waals surface area contributed by atoms with E-state index < -0.39 is 0 Å². The molecule has 78 valence electrons. The number of pyridine rings is 1. The quantitative estimate of drug-likeness (QED) is 0.579. The van der Waals surface area contributed by atoms with Gasteiger partial charge in [0.2, 0.25) is 0 Å². The average Bonchev–Trinajstić information content (AvgIpc) is 2.20. The van der Waals surface area contributed by atoms with Gasteiger partial charge in [0, 0.05) is 30.5 Å². The van der Waals surface area contributed by atoms with Crippen molar-refractivity contribution in [3.05, 3.63) is 24.0 Å². The Morgan fingerprint density at radius 2 is 2.21 bits per heavy atom. The highest BCUT2D eigenvalue weighted by Gasteiger charge is 1.95. The third-order valence-corrected chi connectivity index (χ3v) is 2.41. The second-order valence-corrected chi connectivity index (χ2v) is 3.74. The molecule has 2 nitrogen and oxygen atoms in total. The Morgan fingerprint density at radius 3 is 2.93 bits per heavy atom. The lowest BCUT2D eigenvalue weighted by Crippen LogP contribution is -2.03. The number of unbranched alkanes of at least 4 members (excludes halogenated alkanes) is 2. The van der Waals surface area contributed by atoms with Crippen LogP contribution in [0.5, 0.6) is 0 Å². The molecule has 0 aromatic carbocycles. The number of aryl methyl sites for hydroxylation is 1. The summed E-state index contributed by atoms with van der Waals surface area (Å²) in [5, 5.41) is 3.39. The standard InChI is InChI=1S/C11H17ClN2/c1-10-9-13-8-5-11(10)14-7-4-2-3-6-12/h5,8-9H,2-4,6-7H2,1H3,(H,13,14). The Kier molecular flexibility index (Phi) is 5.38. The van der Waals surface area contributed by atoms with Gasteiger partial charge < -0.3 is 5.32 Å². The predicted molar refractivity (Wildman–Crippen MR) is 62.0 cm³/mol. The number of halogens is 1. The van der Waals surface area contributed by atoms with E-state index in [0.29, 0.717) is 0 Å². The van der Waals surface area contributed by atoms with E-state index in [2.05, 4.69) is 17.2 Å². The lowest BCUT2D eigenvalue weighted by molar-refractivity contribution is 0.747. The van der Waals surface area contributed by atoms with Gasteiger partial charge in [-0.05, 0) is 31.4 Å². The molecule has 0 atom stereocenters. The first kappa shape index (κ1) is 11.3. The molecule has 0 bridgehead atoms. The highest BCUT2D eigenvalue weighted by atomic mass is 35.5. The highest BCUT2D eigenvalue weighted by Crippen LogP contribution is 2.11. The fraction of sp³-hybridized carbons (Fsp3) is 0.545. The maximum atomic E-state index is 5.59. The summed E-state index contributed by atoms with van der Waals surface area (Å²) >= 11 is 5.59. The highest BCUT2D eigenvalue weighted by molar-refractivity contribution is 6.17. The molecule has 1 aromatic heterocycles. The fourth-order valence-corrected chi connectivity index (χ4v) is 1.48. The molecule has 0 saturated carbocycles. The molecule has 3 heteroatoms. The molecule has 1 N–H and O–H groups in total. The number of alkyl halides is 1. The second-order valence-electron chi connectivity index (χ2n) is 3.37. The van der Waals surface area contributed by atoms with Gasteiger partial charge in [0.25, 0.3) is 0 Å². The van der Waals surface area contributed by atoms with Crippen molar-refractivity contribution in [3.8, 4) is 0 Å². The van der Waals surface area contributed by atoms with Crippen LogP contribution in [0, 0.1) is 6.92 Å². The summed E-state index contributed by atoms with van der Waals surface area (Å²) in [5.41, 5.74) is 2.38.